The molecule has 0 saturated heterocycles. The van der Waals surface area contributed by atoms with Gasteiger partial charge in [0.25, 0.3) is 0 Å². The van der Waals surface area contributed by atoms with E-state index in [1.54, 1.807) is 0 Å². The number of carbonyl (C=O) groups excluding carboxylic acids is 1. The Labute approximate surface area is 109 Å². The lowest BCUT2D eigenvalue weighted by Crippen LogP contribution is -2.57. The van der Waals surface area contributed by atoms with Crippen LogP contribution in [-0.4, -0.2) is 16.4 Å². The Bertz CT molecular complexity index is 328. The molecule has 1 amide bonds. The summed E-state index contributed by atoms with van der Waals surface area (Å²) in [5, 5.41) is 3.11. The van der Waals surface area contributed by atoms with Crippen molar-refractivity contribution in [3.05, 3.63) is 0 Å². The first-order valence-electron chi connectivity index (χ1n) is 6.64. The van der Waals surface area contributed by atoms with Crippen LogP contribution in [0.4, 0.5) is 0 Å². The van der Waals surface area contributed by atoms with Crippen LogP contribution in [0.5, 0.6) is 0 Å². The maximum Gasteiger partial charge on any atom is 0.223 e. The van der Waals surface area contributed by atoms with Crippen LogP contribution in [0, 0.1) is 17.8 Å². The maximum absolute atomic E-state index is 12.2. The monoisotopic (exact) mass is 254 g/mol. The molecular formula is C13H22N2OS. The first-order valence-corrected chi connectivity index (χ1v) is 7.05. The van der Waals surface area contributed by atoms with Gasteiger partial charge in [-0.2, -0.15) is 0 Å². The van der Waals surface area contributed by atoms with Crippen molar-refractivity contribution in [3.8, 4) is 0 Å². The summed E-state index contributed by atoms with van der Waals surface area (Å²) >= 11 is 5.12. The van der Waals surface area contributed by atoms with Gasteiger partial charge >= 0.3 is 0 Å². The molecule has 2 rings (SSSR count). The van der Waals surface area contributed by atoms with Crippen molar-refractivity contribution >= 4 is 23.1 Å². The third kappa shape index (κ3) is 2.32. The molecule has 3 N–H and O–H groups in total. The van der Waals surface area contributed by atoms with E-state index in [0.29, 0.717) is 4.99 Å². The summed E-state index contributed by atoms with van der Waals surface area (Å²) < 4.78 is 0. The van der Waals surface area contributed by atoms with E-state index < -0.39 is 5.54 Å². The molecule has 3 nitrogen and oxygen atoms in total. The fourth-order valence-electron chi connectivity index (χ4n) is 3.10. The molecule has 0 aliphatic heterocycles. The number of nitrogens with one attached hydrogen (secondary N) is 1. The zero-order valence-corrected chi connectivity index (χ0v) is 11.5. The van der Waals surface area contributed by atoms with Crippen LogP contribution in [0.3, 0.4) is 0 Å². The average Bonchev–Trinajstić information content (AvgIpc) is 2.92. The highest BCUT2D eigenvalue weighted by molar-refractivity contribution is 7.80. The van der Waals surface area contributed by atoms with E-state index in [1.165, 1.54) is 6.42 Å². The van der Waals surface area contributed by atoms with Gasteiger partial charge in [0.2, 0.25) is 5.91 Å². The SMILES string of the molecule is CCC(CC)(NC(=O)C1CC2CC2C1)C(N)=S. The Morgan fingerprint density at radius 3 is 2.24 bits per heavy atom. The summed E-state index contributed by atoms with van der Waals surface area (Å²) in [6, 6.07) is 0. The molecule has 17 heavy (non-hydrogen) atoms. The molecule has 2 unspecified atom stereocenters. The van der Waals surface area contributed by atoms with E-state index in [0.717, 1.165) is 37.5 Å². The molecule has 0 aromatic heterocycles. The number of nitrogens with two attached hydrogens (primary N) is 1. The normalized spacial score (nSPS) is 30.8. The topological polar surface area (TPSA) is 55.1 Å². The average molecular weight is 254 g/mol. The van der Waals surface area contributed by atoms with Crippen LogP contribution in [0.1, 0.15) is 46.0 Å². The lowest BCUT2D eigenvalue weighted by atomic mass is 9.91. The third-order valence-corrected chi connectivity index (χ3v) is 5.05. The van der Waals surface area contributed by atoms with Crippen LogP contribution < -0.4 is 11.1 Å². The van der Waals surface area contributed by atoms with Gasteiger partial charge in [-0.25, -0.2) is 0 Å². The van der Waals surface area contributed by atoms with E-state index in [2.05, 4.69) is 5.32 Å². The van der Waals surface area contributed by atoms with E-state index in [4.69, 9.17) is 18.0 Å². The first-order chi connectivity index (χ1) is 8.02. The van der Waals surface area contributed by atoms with Gasteiger partial charge in [0.15, 0.2) is 0 Å². The minimum atomic E-state index is -0.473. The van der Waals surface area contributed by atoms with E-state index in [1.807, 2.05) is 13.8 Å². The first kappa shape index (κ1) is 12.8. The van der Waals surface area contributed by atoms with Gasteiger partial charge < -0.3 is 11.1 Å². The summed E-state index contributed by atoms with van der Waals surface area (Å²) in [5.41, 5.74) is 5.32. The summed E-state index contributed by atoms with van der Waals surface area (Å²) in [6.45, 7) is 4.05. The predicted molar refractivity (Wildman–Crippen MR) is 72.6 cm³/mol. The second kappa shape index (κ2) is 4.56. The molecule has 0 heterocycles. The van der Waals surface area contributed by atoms with Crippen molar-refractivity contribution in [1.82, 2.24) is 5.32 Å². The van der Waals surface area contributed by atoms with Crippen LogP contribution in [0.2, 0.25) is 0 Å². The standard InChI is InChI=1S/C13H22N2OS/c1-3-13(4-2,12(14)17)15-11(16)10-6-8-5-9(8)7-10/h8-10H,3-7H2,1-2H3,(H2,14,17)(H,15,16). The quantitative estimate of drug-likeness (QED) is 0.738. The van der Waals surface area contributed by atoms with Gasteiger partial charge in [-0.05, 0) is 43.9 Å². The van der Waals surface area contributed by atoms with Gasteiger partial charge in [-0.1, -0.05) is 26.1 Å². The summed E-state index contributed by atoms with van der Waals surface area (Å²) in [6.07, 6.45) is 5.01. The second-order valence-corrected chi connectivity index (χ2v) is 6.01. The Balaban J connectivity index is 1.97. The molecule has 0 spiro atoms. The summed E-state index contributed by atoms with van der Waals surface area (Å²) in [5.74, 6) is 2.01. The Morgan fingerprint density at radius 1 is 1.29 bits per heavy atom. The van der Waals surface area contributed by atoms with E-state index >= 15 is 0 Å². The molecule has 96 valence electrons. The molecular weight excluding hydrogens is 232 g/mol. The summed E-state index contributed by atoms with van der Waals surface area (Å²) in [7, 11) is 0. The summed E-state index contributed by atoms with van der Waals surface area (Å²) in [4.78, 5) is 12.6. The fraction of sp³-hybridized carbons (Fsp3) is 0.846. The molecule has 2 aliphatic carbocycles. The fourth-order valence-corrected chi connectivity index (χ4v) is 3.44. The highest BCUT2D eigenvalue weighted by Gasteiger charge is 2.48. The minimum absolute atomic E-state index is 0.161. The zero-order chi connectivity index (χ0) is 12.6. The van der Waals surface area contributed by atoms with Crippen molar-refractivity contribution in [2.24, 2.45) is 23.5 Å². The van der Waals surface area contributed by atoms with Gasteiger partial charge in [0.05, 0.1) is 10.5 Å². The number of thiocarbonyl (C=S) groups is 1. The second-order valence-electron chi connectivity index (χ2n) is 5.57. The number of fused-ring (bicyclic) bond motifs is 1. The highest BCUT2D eigenvalue weighted by atomic mass is 32.1. The molecule has 0 radical (unpaired) electrons. The Morgan fingerprint density at radius 2 is 1.82 bits per heavy atom. The van der Waals surface area contributed by atoms with Crippen LogP contribution in [0.15, 0.2) is 0 Å². The minimum Gasteiger partial charge on any atom is -0.391 e. The number of amides is 1. The van der Waals surface area contributed by atoms with Crippen molar-refractivity contribution in [3.63, 3.8) is 0 Å². The van der Waals surface area contributed by atoms with Gasteiger partial charge in [0, 0.05) is 5.92 Å². The maximum atomic E-state index is 12.2. The number of hydrogen-bond donors (Lipinski definition) is 2. The molecule has 2 saturated carbocycles. The highest BCUT2D eigenvalue weighted by Crippen LogP contribution is 2.54. The van der Waals surface area contributed by atoms with Crippen LogP contribution >= 0.6 is 12.2 Å². The van der Waals surface area contributed by atoms with E-state index in [-0.39, 0.29) is 11.8 Å². The molecule has 2 atom stereocenters. The lowest BCUT2D eigenvalue weighted by Gasteiger charge is -2.33. The Hall–Kier alpha value is -0.640. The van der Waals surface area contributed by atoms with Gasteiger partial charge in [-0.15, -0.1) is 0 Å². The third-order valence-electron chi connectivity index (χ3n) is 4.66. The molecule has 0 bridgehead atoms. The van der Waals surface area contributed by atoms with Gasteiger partial charge in [-0.3, -0.25) is 4.79 Å². The number of carbonyl (C=O) groups is 1. The van der Waals surface area contributed by atoms with Crippen LogP contribution in [0.25, 0.3) is 0 Å². The van der Waals surface area contributed by atoms with Crippen LogP contribution in [-0.2, 0) is 4.79 Å². The molecule has 0 aromatic carbocycles. The number of hydrogen-bond acceptors (Lipinski definition) is 2. The molecule has 2 aliphatic rings. The molecule has 0 aromatic rings. The zero-order valence-electron chi connectivity index (χ0n) is 10.7. The largest absolute Gasteiger partial charge is 0.391 e. The molecule has 4 heteroatoms. The predicted octanol–water partition coefficient (Wildman–Crippen LogP) is 1.99. The van der Waals surface area contributed by atoms with Crippen molar-refractivity contribution in [2.75, 3.05) is 0 Å². The van der Waals surface area contributed by atoms with Crippen molar-refractivity contribution < 1.29 is 4.79 Å². The lowest BCUT2D eigenvalue weighted by molar-refractivity contribution is -0.126. The number of rotatable bonds is 5. The molecule has 2 fully saturated rings. The van der Waals surface area contributed by atoms with Crippen molar-refractivity contribution in [2.45, 2.75) is 51.5 Å². The van der Waals surface area contributed by atoms with Crippen molar-refractivity contribution in [1.29, 1.82) is 0 Å². The van der Waals surface area contributed by atoms with Gasteiger partial charge in [0.1, 0.15) is 0 Å². The Kier molecular flexibility index (Phi) is 3.43. The van der Waals surface area contributed by atoms with E-state index in [9.17, 15) is 4.79 Å². The smallest absolute Gasteiger partial charge is 0.223 e.